The van der Waals surface area contributed by atoms with Crippen molar-refractivity contribution < 1.29 is 13.9 Å². The first-order valence-electron chi connectivity index (χ1n) is 10.4. The van der Waals surface area contributed by atoms with E-state index in [0.29, 0.717) is 11.3 Å². The lowest BCUT2D eigenvalue weighted by Gasteiger charge is -2.20. The fraction of sp³-hybridized carbons (Fsp3) is 0.167. The molecule has 4 rings (SSSR count). The molecule has 10 heteroatoms. The average molecular weight is 484 g/mol. The Morgan fingerprint density at radius 1 is 1.15 bits per heavy atom. The van der Waals surface area contributed by atoms with E-state index in [-0.39, 0.29) is 35.3 Å². The second kappa shape index (κ2) is 10.1. The van der Waals surface area contributed by atoms with Crippen LogP contribution in [0, 0.1) is 18.6 Å². The van der Waals surface area contributed by atoms with Gasteiger partial charge in [0.2, 0.25) is 5.95 Å². The number of hydrogen-bond donors (Lipinski definition) is 2. The van der Waals surface area contributed by atoms with Gasteiger partial charge in [-0.05, 0) is 48.7 Å². The number of benzene rings is 1. The molecule has 0 saturated heterocycles. The minimum atomic E-state index is -0.694. The second-order valence-electron chi connectivity index (χ2n) is 7.57. The lowest BCUT2D eigenvalue weighted by atomic mass is 10.0. The lowest BCUT2D eigenvalue weighted by molar-refractivity contribution is 0.266. The van der Waals surface area contributed by atoms with Gasteiger partial charge in [-0.1, -0.05) is 17.7 Å². The third-order valence-corrected chi connectivity index (χ3v) is 5.61. The number of aliphatic hydroxyl groups is 1. The lowest BCUT2D eigenvalue weighted by Crippen LogP contribution is -2.25. The molecule has 34 heavy (non-hydrogen) atoms. The van der Waals surface area contributed by atoms with E-state index in [2.05, 4.69) is 20.3 Å². The van der Waals surface area contributed by atoms with Gasteiger partial charge in [0, 0.05) is 42.5 Å². The molecule has 0 bridgehead atoms. The standard InChI is InChI=1S/C24H20ClF2N5O2/c1-14-12-28-7-4-20(14)30-24-29-13-19(27)23(31-24)16-5-8-32(22(34)11-16)21(6-9-33)15-2-3-17(25)18(26)10-15/h2-5,7-8,10-13,21,33H,6,9H2,1H3,(H,28,29,30,31)/t21-/m1/s1. The van der Waals surface area contributed by atoms with Crippen LogP contribution < -0.4 is 10.9 Å². The Hall–Kier alpha value is -3.69. The highest BCUT2D eigenvalue weighted by Crippen LogP contribution is 2.27. The van der Waals surface area contributed by atoms with Crippen molar-refractivity contribution in [1.29, 1.82) is 0 Å². The molecule has 0 amide bonds. The molecule has 0 spiro atoms. The first-order chi connectivity index (χ1) is 16.4. The maximum atomic E-state index is 14.6. The van der Waals surface area contributed by atoms with Crippen LogP contribution >= 0.6 is 11.6 Å². The monoisotopic (exact) mass is 483 g/mol. The molecule has 4 aromatic rings. The van der Waals surface area contributed by atoms with Gasteiger partial charge in [0.25, 0.3) is 5.56 Å². The van der Waals surface area contributed by atoms with Crippen LogP contribution in [0.5, 0.6) is 0 Å². The van der Waals surface area contributed by atoms with Gasteiger partial charge in [-0.3, -0.25) is 9.78 Å². The highest BCUT2D eigenvalue weighted by molar-refractivity contribution is 6.30. The summed E-state index contributed by atoms with van der Waals surface area (Å²) in [6.07, 6.45) is 5.93. The summed E-state index contributed by atoms with van der Waals surface area (Å²) in [7, 11) is 0. The molecule has 0 fully saturated rings. The topological polar surface area (TPSA) is 92.9 Å². The Labute approximate surface area is 198 Å². The molecule has 7 nitrogen and oxygen atoms in total. The average Bonchev–Trinajstić information content (AvgIpc) is 2.82. The Morgan fingerprint density at radius 3 is 2.68 bits per heavy atom. The van der Waals surface area contributed by atoms with Crippen LogP contribution in [0.1, 0.15) is 23.6 Å². The number of aryl methyl sites for hydroxylation is 1. The Balaban J connectivity index is 1.69. The molecule has 174 valence electrons. The number of pyridine rings is 2. The Kier molecular flexibility index (Phi) is 6.95. The van der Waals surface area contributed by atoms with E-state index in [4.69, 9.17) is 11.6 Å². The van der Waals surface area contributed by atoms with E-state index in [0.717, 1.165) is 11.8 Å². The van der Waals surface area contributed by atoms with Gasteiger partial charge in [0.15, 0.2) is 5.82 Å². The van der Waals surface area contributed by atoms with Crippen molar-refractivity contribution in [1.82, 2.24) is 19.5 Å². The van der Waals surface area contributed by atoms with Gasteiger partial charge in [-0.2, -0.15) is 0 Å². The van der Waals surface area contributed by atoms with Crippen molar-refractivity contribution in [3.63, 3.8) is 0 Å². The van der Waals surface area contributed by atoms with Crippen LogP contribution in [0.3, 0.4) is 0 Å². The van der Waals surface area contributed by atoms with E-state index in [9.17, 15) is 18.7 Å². The fourth-order valence-electron chi connectivity index (χ4n) is 3.57. The highest BCUT2D eigenvalue weighted by Gasteiger charge is 2.18. The van der Waals surface area contributed by atoms with Gasteiger partial charge in [0.05, 0.1) is 17.3 Å². The van der Waals surface area contributed by atoms with Gasteiger partial charge >= 0.3 is 0 Å². The van der Waals surface area contributed by atoms with Crippen molar-refractivity contribution in [3.8, 4) is 11.3 Å². The molecule has 0 saturated carbocycles. The van der Waals surface area contributed by atoms with Crippen LogP contribution in [0.15, 0.2) is 66.0 Å². The van der Waals surface area contributed by atoms with Crippen molar-refractivity contribution in [2.45, 2.75) is 19.4 Å². The summed E-state index contributed by atoms with van der Waals surface area (Å²) in [5.74, 6) is -1.16. The molecule has 0 aliphatic rings. The normalized spacial score (nSPS) is 11.9. The number of anilines is 2. The molecular formula is C24H20ClF2N5O2. The molecule has 1 atom stereocenters. The van der Waals surface area contributed by atoms with Gasteiger partial charge in [0.1, 0.15) is 11.5 Å². The zero-order valence-corrected chi connectivity index (χ0v) is 18.8. The number of nitrogens with one attached hydrogen (secondary N) is 1. The van der Waals surface area contributed by atoms with Crippen LogP contribution in [-0.2, 0) is 0 Å². The van der Waals surface area contributed by atoms with Crippen molar-refractivity contribution in [3.05, 3.63) is 99.3 Å². The Bertz CT molecular complexity index is 1400. The number of hydrogen-bond acceptors (Lipinski definition) is 6. The summed E-state index contributed by atoms with van der Waals surface area (Å²) in [5.41, 5.74) is 1.77. The van der Waals surface area contributed by atoms with E-state index >= 15 is 0 Å². The molecular weight excluding hydrogens is 464 g/mol. The summed E-state index contributed by atoms with van der Waals surface area (Å²) >= 11 is 5.77. The predicted molar refractivity (Wildman–Crippen MR) is 125 cm³/mol. The van der Waals surface area contributed by atoms with Crippen LogP contribution in [-0.4, -0.2) is 31.2 Å². The second-order valence-corrected chi connectivity index (χ2v) is 7.98. The largest absolute Gasteiger partial charge is 0.396 e. The summed E-state index contributed by atoms with van der Waals surface area (Å²) in [6.45, 7) is 1.63. The predicted octanol–water partition coefficient (Wildman–Crippen LogP) is 4.66. The summed E-state index contributed by atoms with van der Waals surface area (Å²) < 4.78 is 29.9. The van der Waals surface area contributed by atoms with Crippen LogP contribution in [0.2, 0.25) is 5.02 Å². The van der Waals surface area contributed by atoms with Crippen molar-refractivity contribution in [2.24, 2.45) is 0 Å². The summed E-state index contributed by atoms with van der Waals surface area (Å²) in [5, 5.41) is 12.5. The molecule has 2 N–H and O–H groups in total. The number of halogens is 3. The third kappa shape index (κ3) is 4.95. The van der Waals surface area contributed by atoms with Gasteiger partial charge in [-0.15, -0.1) is 0 Å². The smallest absolute Gasteiger partial charge is 0.251 e. The van der Waals surface area contributed by atoms with E-state index in [1.165, 1.54) is 35.0 Å². The first-order valence-corrected chi connectivity index (χ1v) is 10.7. The third-order valence-electron chi connectivity index (χ3n) is 5.30. The summed E-state index contributed by atoms with van der Waals surface area (Å²) in [6, 6.07) is 8.09. The van der Waals surface area contributed by atoms with E-state index in [1.54, 1.807) is 24.5 Å². The summed E-state index contributed by atoms with van der Waals surface area (Å²) in [4.78, 5) is 25.2. The highest BCUT2D eigenvalue weighted by atomic mass is 35.5. The first kappa shape index (κ1) is 23.5. The number of nitrogens with zero attached hydrogens (tertiary/aromatic N) is 4. The minimum absolute atomic E-state index is 0.0418. The number of aromatic nitrogens is 4. The molecule has 0 unspecified atom stereocenters. The zero-order chi connectivity index (χ0) is 24.2. The maximum Gasteiger partial charge on any atom is 0.251 e. The fourth-order valence-corrected chi connectivity index (χ4v) is 3.68. The molecule has 1 aromatic carbocycles. The SMILES string of the molecule is Cc1cnccc1Nc1ncc(F)c(-c2ccn([C@H](CCO)c3ccc(Cl)c(F)c3)c(=O)c2)n1. The zero-order valence-electron chi connectivity index (χ0n) is 18.0. The molecule has 0 aliphatic heterocycles. The van der Waals surface area contributed by atoms with Crippen molar-refractivity contribution in [2.75, 3.05) is 11.9 Å². The number of rotatable bonds is 7. The maximum absolute atomic E-state index is 14.6. The molecule has 0 radical (unpaired) electrons. The Morgan fingerprint density at radius 2 is 1.97 bits per heavy atom. The van der Waals surface area contributed by atoms with Crippen molar-refractivity contribution >= 4 is 23.2 Å². The van der Waals surface area contributed by atoms with E-state index < -0.39 is 23.2 Å². The van der Waals surface area contributed by atoms with Crippen LogP contribution in [0.4, 0.5) is 20.4 Å². The molecule has 0 aliphatic carbocycles. The number of aliphatic hydroxyl groups excluding tert-OH is 1. The molecule has 3 heterocycles. The quantitative estimate of drug-likeness (QED) is 0.397. The van der Waals surface area contributed by atoms with E-state index in [1.807, 2.05) is 6.92 Å². The van der Waals surface area contributed by atoms with Gasteiger partial charge < -0.3 is 15.0 Å². The van der Waals surface area contributed by atoms with Crippen LogP contribution in [0.25, 0.3) is 11.3 Å². The minimum Gasteiger partial charge on any atom is -0.396 e. The molecule has 3 aromatic heterocycles. The van der Waals surface area contributed by atoms with Gasteiger partial charge in [-0.25, -0.2) is 18.7 Å².